The molecule has 10 aromatic rings. The van der Waals surface area contributed by atoms with E-state index in [4.69, 9.17) is 19.9 Å². The lowest BCUT2D eigenvalue weighted by atomic mass is 10.0. The number of fused-ring (bicyclic) bond motifs is 6. The Morgan fingerprint density at radius 1 is 0.483 bits per heavy atom. The molecule has 0 saturated carbocycles. The smallest absolute Gasteiger partial charge is 0.160 e. The zero-order valence-corrected chi connectivity index (χ0v) is 32.6. The van der Waals surface area contributed by atoms with Gasteiger partial charge in [-0.25, -0.2) is 19.9 Å². The third-order valence-electron chi connectivity index (χ3n) is 10.7. The number of rotatable bonds is 8. The van der Waals surface area contributed by atoms with E-state index in [0.717, 1.165) is 65.7 Å². The fourth-order valence-corrected chi connectivity index (χ4v) is 8.81. The van der Waals surface area contributed by atoms with Crippen LogP contribution in [0.3, 0.4) is 0 Å². The molecule has 0 aliphatic carbocycles. The Labute approximate surface area is 340 Å². The average Bonchev–Trinajstić information content (AvgIpc) is 3.68. The molecule has 0 saturated heterocycles. The first-order valence-corrected chi connectivity index (χ1v) is 20.2. The molecule has 4 nitrogen and oxygen atoms in total. The van der Waals surface area contributed by atoms with E-state index in [1.165, 1.54) is 26.6 Å². The zero-order chi connectivity index (χ0) is 39.0. The van der Waals surface area contributed by atoms with Gasteiger partial charge in [-0.15, -0.1) is 11.3 Å². The second-order valence-corrected chi connectivity index (χ2v) is 15.3. The number of nitrogens with zero attached hydrogens (tertiary/aromatic N) is 4. The zero-order valence-electron chi connectivity index (χ0n) is 31.8. The molecule has 0 atom stereocenters. The second kappa shape index (κ2) is 15.0. The Balaban J connectivity index is 1.05. The highest BCUT2D eigenvalue weighted by Gasteiger charge is 2.19. The Morgan fingerprint density at radius 2 is 1.03 bits per heavy atom. The van der Waals surface area contributed by atoms with Gasteiger partial charge in [0, 0.05) is 37.7 Å². The van der Waals surface area contributed by atoms with E-state index in [1.807, 2.05) is 49.4 Å². The van der Waals surface area contributed by atoms with E-state index in [9.17, 15) is 0 Å². The van der Waals surface area contributed by atoms with Crippen molar-refractivity contribution in [2.24, 2.45) is 0 Å². The van der Waals surface area contributed by atoms with Crippen molar-refractivity contribution < 1.29 is 0 Å². The van der Waals surface area contributed by atoms with Gasteiger partial charge in [0.1, 0.15) is 0 Å². The highest BCUT2D eigenvalue weighted by Crippen LogP contribution is 2.42. The first-order chi connectivity index (χ1) is 28.6. The summed E-state index contributed by atoms with van der Waals surface area (Å²) in [5.74, 6) is 1.21. The van der Waals surface area contributed by atoms with Crippen molar-refractivity contribution >= 4 is 64.5 Å². The molecule has 7 aromatic carbocycles. The van der Waals surface area contributed by atoms with Crippen LogP contribution in [0.1, 0.15) is 18.6 Å². The summed E-state index contributed by atoms with van der Waals surface area (Å²) in [7, 11) is 0. The standard InChI is InChI=1S/C53H36N4S/c1-3-35(23-22-34(2)52-54-45-21-13-12-20-44(45)48(55-52)41-28-24-38(25-29-41)36-14-6-4-7-15-36)53-56-49(42-30-26-39(27-31-42)37-16-8-5-9-17-37)51-50(57-53)47-43-19-11-10-18-40(43)32-33-46(47)58-51/h3-33H,2H2,1H3/b23-22-,35-3+. The summed E-state index contributed by atoms with van der Waals surface area (Å²) in [6.07, 6.45) is 6.07. The van der Waals surface area contributed by atoms with Crippen LogP contribution in [0.15, 0.2) is 195 Å². The van der Waals surface area contributed by atoms with Gasteiger partial charge in [0.15, 0.2) is 11.6 Å². The molecular formula is C53H36N4S. The molecule has 0 amide bonds. The quantitative estimate of drug-likeness (QED) is 0.145. The monoisotopic (exact) mass is 760 g/mol. The van der Waals surface area contributed by atoms with Crippen molar-refractivity contribution in [3.8, 4) is 44.8 Å². The molecule has 5 heteroatoms. The summed E-state index contributed by atoms with van der Waals surface area (Å²) >= 11 is 1.75. The van der Waals surface area contributed by atoms with Crippen LogP contribution in [-0.2, 0) is 0 Å². The van der Waals surface area contributed by atoms with Gasteiger partial charge in [0.05, 0.1) is 27.1 Å². The molecule has 58 heavy (non-hydrogen) atoms. The van der Waals surface area contributed by atoms with Crippen LogP contribution in [-0.4, -0.2) is 19.9 Å². The predicted molar refractivity (Wildman–Crippen MR) is 246 cm³/mol. The Kier molecular flexibility index (Phi) is 9.05. The molecule has 10 rings (SSSR count). The predicted octanol–water partition coefficient (Wildman–Crippen LogP) is 14.3. The highest BCUT2D eigenvalue weighted by molar-refractivity contribution is 7.26. The minimum Gasteiger partial charge on any atom is -0.228 e. The Bertz CT molecular complexity index is 3220. The Hall–Kier alpha value is -7.34. The fraction of sp³-hybridized carbons (Fsp3) is 0.0189. The summed E-state index contributed by atoms with van der Waals surface area (Å²) in [6.45, 7) is 6.48. The maximum atomic E-state index is 5.33. The van der Waals surface area contributed by atoms with Crippen LogP contribution in [0.25, 0.3) is 97.9 Å². The van der Waals surface area contributed by atoms with Crippen LogP contribution in [0, 0.1) is 0 Å². The summed E-state index contributed by atoms with van der Waals surface area (Å²) < 4.78 is 2.26. The molecule has 0 aliphatic heterocycles. The van der Waals surface area contributed by atoms with Crippen LogP contribution in [0.5, 0.6) is 0 Å². The van der Waals surface area contributed by atoms with Crippen LogP contribution in [0.2, 0.25) is 0 Å². The van der Waals surface area contributed by atoms with Crippen molar-refractivity contribution in [3.63, 3.8) is 0 Å². The van der Waals surface area contributed by atoms with Gasteiger partial charge >= 0.3 is 0 Å². The average molecular weight is 761 g/mol. The van der Waals surface area contributed by atoms with Crippen LogP contribution >= 0.6 is 11.3 Å². The summed E-state index contributed by atoms with van der Waals surface area (Å²) in [4.78, 5) is 20.7. The Morgan fingerprint density at radius 3 is 1.71 bits per heavy atom. The van der Waals surface area contributed by atoms with Crippen LogP contribution in [0.4, 0.5) is 0 Å². The SMILES string of the molecule is C=C(/C=C\C(=C/C)c1nc(-c2ccc(-c3ccccc3)cc2)c2sc3ccc4ccccc4c3c2n1)c1nc(-c2ccc(-c3ccccc3)cc2)c2ccccc2n1. The molecule has 0 fully saturated rings. The maximum Gasteiger partial charge on any atom is 0.160 e. The number of hydrogen-bond acceptors (Lipinski definition) is 5. The molecule has 0 unspecified atom stereocenters. The van der Waals surface area contributed by atoms with Gasteiger partial charge in [-0.1, -0.05) is 183 Å². The molecule has 0 aliphatic rings. The topological polar surface area (TPSA) is 51.6 Å². The van der Waals surface area contributed by atoms with Gasteiger partial charge in [-0.3, -0.25) is 0 Å². The van der Waals surface area contributed by atoms with Gasteiger partial charge < -0.3 is 0 Å². The van der Waals surface area contributed by atoms with Crippen LogP contribution < -0.4 is 0 Å². The van der Waals surface area contributed by atoms with Crippen molar-refractivity contribution in [2.75, 3.05) is 0 Å². The summed E-state index contributed by atoms with van der Waals surface area (Å²) in [5.41, 5.74) is 11.9. The van der Waals surface area contributed by atoms with E-state index in [1.54, 1.807) is 11.3 Å². The largest absolute Gasteiger partial charge is 0.228 e. The normalized spacial score (nSPS) is 12.0. The summed E-state index contributed by atoms with van der Waals surface area (Å²) in [5, 5.41) is 4.52. The summed E-state index contributed by atoms with van der Waals surface area (Å²) in [6, 6.07) is 59.2. The van der Waals surface area contributed by atoms with E-state index in [2.05, 4.69) is 152 Å². The lowest BCUT2D eigenvalue weighted by Gasteiger charge is -2.11. The maximum absolute atomic E-state index is 5.33. The van der Waals surface area contributed by atoms with Crippen molar-refractivity contribution in [3.05, 3.63) is 206 Å². The highest BCUT2D eigenvalue weighted by atomic mass is 32.1. The van der Waals surface area contributed by atoms with E-state index in [-0.39, 0.29) is 0 Å². The molecule has 274 valence electrons. The number of aromatic nitrogens is 4. The third-order valence-corrected chi connectivity index (χ3v) is 11.8. The molecule has 0 N–H and O–H groups in total. The first-order valence-electron chi connectivity index (χ1n) is 19.4. The molecule has 0 spiro atoms. The lowest BCUT2D eigenvalue weighted by molar-refractivity contribution is 1.17. The molecule has 3 heterocycles. The number of allylic oxidation sites excluding steroid dienone is 5. The fourth-order valence-electron chi connectivity index (χ4n) is 7.64. The number of para-hydroxylation sites is 1. The first kappa shape index (κ1) is 35.1. The van der Waals surface area contributed by atoms with Gasteiger partial charge in [-0.05, 0) is 52.1 Å². The molecular weight excluding hydrogens is 725 g/mol. The number of benzene rings is 7. The van der Waals surface area contributed by atoms with Gasteiger partial charge in [-0.2, -0.15) is 0 Å². The van der Waals surface area contributed by atoms with Gasteiger partial charge in [0.25, 0.3) is 0 Å². The van der Waals surface area contributed by atoms with Crippen molar-refractivity contribution in [1.29, 1.82) is 0 Å². The van der Waals surface area contributed by atoms with Crippen molar-refractivity contribution in [1.82, 2.24) is 19.9 Å². The molecule has 3 aromatic heterocycles. The lowest BCUT2D eigenvalue weighted by Crippen LogP contribution is -1.98. The third kappa shape index (κ3) is 6.47. The van der Waals surface area contributed by atoms with E-state index in [0.29, 0.717) is 17.2 Å². The van der Waals surface area contributed by atoms with E-state index >= 15 is 0 Å². The molecule has 0 radical (unpaired) electrons. The second-order valence-electron chi connectivity index (χ2n) is 14.2. The minimum absolute atomic E-state index is 0.568. The van der Waals surface area contributed by atoms with Crippen molar-refractivity contribution in [2.45, 2.75) is 6.92 Å². The van der Waals surface area contributed by atoms with E-state index < -0.39 is 0 Å². The minimum atomic E-state index is 0.568. The molecule has 0 bridgehead atoms. The number of thiophene rings is 1. The number of hydrogen-bond donors (Lipinski definition) is 0. The van der Waals surface area contributed by atoms with Gasteiger partial charge in [0.2, 0.25) is 0 Å².